The minimum absolute atomic E-state index is 0.0159. The molecule has 1 heterocycles. The highest BCUT2D eigenvalue weighted by molar-refractivity contribution is 5.80. The summed E-state index contributed by atoms with van der Waals surface area (Å²) in [5.74, 6) is -0.892. The molecule has 2 aliphatic carbocycles. The smallest absolute Gasteiger partial charge is 0.338 e. The molecule has 1 N–H and O–H groups in total. The summed E-state index contributed by atoms with van der Waals surface area (Å²) in [7, 11) is 4.40. The van der Waals surface area contributed by atoms with Crippen molar-refractivity contribution >= 4 is 5.97 Å². The number of carbonyl (C=O) groups is 1. The van der Waals surface area contributed by atoms with Crippen molar-refractivity contribution in [2.75, 3.05) is 21.3 Å². The van der Waals surface area contributed by atoms with Crippen LogP contribution in [0.2, 0.25) is 0 Å². The van der Waals surface area contributed by atoms with Gasteiger partial charge in [-0.15, -0.1) is 0 Å². The summed E-state index contributed by atoms with van der Waals surface area (Å²) in [6, 6.07) is 2.46. The summed E-state index contributed by atoms with van der Waals surface area (Å²) in [6.07, 6.45) is -1.19. The second kappa shape index (κ2) is 6.16. The molecular formula is C19H29NO6. The average molecular weight is 367 g/mol. The van der Waals surface area contributed by atoms with Crippen LogP contribution in [0.15, 0.2) is 0 Å². The summed E-state index contributed by atoms with van der Waals surface area (Å²) < 4.78 is 22.8. The standard InChI is InChI=1S/C19H29NO6/c1-10-7-18(9-20)8-11(2)13(23-4)14(21)19(18)15(24-5)12(10)17(3,26-19)16(22)25-6/h10-15,21H,7-8H2,1-6H3/t10-,11+,12+,13-,14+,15+,17+,18+,19+/m0/s1. The number of nitriles is 1. The first-order valence-electron chi connectivity index (χ1n) is 9.12. The Labute approximate surface area is 154 Å². The monoisotopic (exact) mass is 367 g/mol. The number of ether oxygens (including phenoxy) is 4. The molecule has 0 radical (unpaired) electrons. The number of hydrogen-bond donors (Lipinski definition) is 1. The maximum absolute atomic E-state index is 12.7. The molecule has 0 aromatic carbocycles. The number of aliphatic hydroxyl groups is 1. The lowest BCUT2D eigenvalue weighted by Gasteiger charge is -2.59. The Morgan fingerprint density at radius 3 is 2.31 bits per heavy atom. The topological polar surface area (TPSA) is 98.0 Å². The number of esters is 1. The normalized spacial score (nSPS) is 52.8. The van der Waals surface area contributed by atoms with Gasteiger partial charge in [0.1, 0.15) is 11.7 Å². The molecule has 0 aromatic rings. The molecular weight excluding hydrogens is 338 g/mol. The van der Waals surface area contributed by atoms with Gasteiger partial charge in [-0.05, 0) is 31.6 Å². The molecule has 1 spiro atoms. The molecule has 7 nitrogen and oxygen atoms in total. The summed E-state index contributed by atoms with van der Waals surface area (Å²) in [6.45, 7) is 5.66. The van der Waals surface area contributed by atoms with Gasteiger partial charge in [-0.2, -0.15) is 5.26 Å². The molecule has 0 aromatic heterocycles. The van der Waals surface area contributed by atoms with E-state index < -0.39 is 40.9 Å². The van der Waals surface area contributed by atoms with E-state index in [-0.39, 0.29) is 17.8 Å². The van der Waals surface area contributed by atoms with Gasteiger partial charge in [0.25, 0.3) is 0 Å². The van der Waals surface area contributed by atoms with Gasteiger partial charge in [-0.25, -0.2) is 4.79 Å². The lowest BCUT2D eigenvalue weighted by molar-refractivity contribution is -0.279. The Hall–Kier alpha value is -1.20. The number of fused-ring (bicyclic) bond motifs is 1. The van der Waals surface area contributed by atoms with Crippen LogP contribution < -0.4 is 0 Å². The number of rotatable bonds is 3. The molecule has 0 amide bonds. The zero-order chi connectivity index (χ0) is 19.5. The maximum Gasteiger partial charge on any atom is 0.338 e. The quantitative estimate of drug-likeness (QED) is 0.750. The van der Waals surface area contributed by atoms with E-state index in [1.165, 1.54) is 7.11 Å². The first kappa shape index (κ1) is 19.6. The van der Waals surface area contributed by atoms with Crippen molar-refractivity contribution in [1.29, 1.82) is 5.26 Å². The Kier molecular flexibility index (Phi) is 4.64. The minimum atomic E-state index is -1.34. The fourth-order valence-corrected chi connectivity index (χ4v) is 6.30. The van der Waals surface area contributed by atoms with E-state index in [0.29, 0.717) is 12.8 Å². The van der Waals surface area contributed by atoms with E-state index in [2.05, 4.69) is 6.07 Å². The molecule has 7 heteroatoms. The Morgan fingerprint density at radius 2 is 1.81 bits per heavy atom. The molecule has 1 saturated heterocycles. The van der Waals surface area contributed by atoms with Gasteiger partial charge in [0.15, 0.2) is 5.60 Å². The van der Waals surface area contributed by atoms with E-state index in [9.17, 15) is 15.2 Å². The Balaban J connectivity index is 2.25. The van der Waals surface area contributed by atoms with Gasteiger partial charge in [0, 0.05) is 20.1 Å². The first-order valence-corrected chi connectivity index (χ1v) is 9.12. The van der Waals surface area contributed by atoms with Crippen LogP contribution in [-0.4, -0.2) is 61.9 Å². The Bertz CT molecular complexity index is 634. The van der Waals surface area contributed by atoms with E-state index in [4.69, 9.17) is 18.9 Å². The van der Waals surface area contributed by atoms with Crippen molar-refractivity contribution in [1.82, 2.24) is 0 Å². The highest BCUT2D eigenvalue weighted by Gasteiger charge is 2.80. The van der Waals surface area contributed by atoms with Crippen LogP contribution in [0.3, 0.4) is 0 Å². The zero-order valence-electron chi connectivity index (χ0n) is 16.3. The van der Waals surface area contributed by atoms with Crippen molar-refractivity contribution in [2.45, 2.75) is 63.1 Å². The van der Waals surface area contributed by atoms with Crippen LogP contribution in [0.5, 0.6) is 0 Å². The summed E-state index contributed by atoms with van der Waals surface area (Å²) >= 11 is 0. The van der Waals surface area contributed by atoms with Gasteiger partial charge < -0.3 is 24.1 Å². The van der Waals surface area contributed by atoms with Crippen LogP contribution in [0.1, 0.15) is 33.6 Å². The van der Waals surface area contributed by atoms with Crippen LogP contribution >= 0.6 is 0 Å². The van der Waals surface area contributed by atoms with E-state index >= 15 is 0 Å². The van der Waals surface area contributed by atoms with E-state index in [1.807, 2.05) is 13.8 Å². The lowest BCUT2D eigenvalue weighted by atomic mass is 9.48. The second-order valence-corrected chi connectivity index (χ2v) is 8.38. The fourth-order valence-electron chi connectivity index (χ4n) is 6.30. The third kappa shape index (κ3) is 2.04. The number of nitrogens with zero attached hydrogens (tertiary/aromatic N) is 1. The van der Waals surface area contributed by atoms with Crippen LogP contribution in [-0.2, 0) is 23.7 Å². The van der Waals surface area contributed by atoms with Crippen molar-refractivity contribution < 1.29 is 28.8 Å². The minimum Gasteiger partial charge on any atom is -0.467 e. The SMILES string of the molecule is COC(=O)[C@]1(C)O[C@@]23[C@H](O)[C@@H](OC)[C@H](C)C[C@@]2(C#N)C[C@H](C)[C@@H]1[C@H]3OC. The maximum atomic E-state index is 12.7. The molecule has 0 unspecified atom stereocenters. The van der Waals surface area contributed by atoms with Crippen LogP contribution in [0.25, 0.3) is 0 Å². The number of aliphatic hydroxyl groups excluding tert-OH is 1. The van der Waals surface area contributed by atoms with Crippen molar-refractivity contribution in [3.8, 4) is 6.07 Å². The van der Waals surface area contributed by atoms with E-state index in [0.717, 1.165) is 0 Å². The third-order valence-electron chi connectivity index (χ3n) is 7.11. The molecule has 26 heavy (non-hydrogen) atoms. The van der Waals surface area contributed by atoms with Crippen molar-refractivity contribution in [3.05, 3.63) is 0 Å². The Morgan fingerprint density at radius 1 is 1.19 bits per heavy atom. The van der Waals surface area contributed by atoms with Crippen LogP contribution in [0, 0.1) is 34.5 Å². The molecule has 1 aliphatic heterocycles. The molecule has 9 atom stereocenters. The lowest BCUT2D eigenvalue weighted by Crippen LogP contribution is -2.72. The predicted octanol–water partition coefficient (Wildman–Crippen LogP) is 1.28. The molecule has 2 bridgehead atoms. The largest absolute Gasteiger partial charge is 0.467 e. The molecule has 2 saturated carbocycles. The third-order valence-corrected chi connectivity index (χ3v) is 7.11. The highest BCUT2D eigenvalue weighted by atomic mass is 16.6. The predicted molar refractivity (Wildman–Crippen MR) is 90.9 cm³/mol. The van der Waals surface area contributed by atoms with Crippen LogP contribution in [0.4, 0.5) is 0 Å². The van der Waals surface area contributed by atoms with Gasteiger partial charge >= 0.3 is 5.97 Å². The van der Waals surface area contributed by atoms with E-state index in [1.54, 1.807) is 21.1 Å². The van der Waals surface area contributed by atoms with Crippen molar-refractivity contribution in [2.24, 2.45) is 23.2 Å². The molecule has 146 valence electrons. The second-order valence-electron chi connectivity index (χ2n) is 8.38. The number of hydrogen-bond acceptors (Lipinski definition) is 7. The average Bonchev–Trinajstić information content (AvgIpc) is 2.86. The molecule has 3 rings (SSSR count). The zero-order valence-corrected chi connectivity index (χ0v) is 16.3. The number of methoxy groups -OCH3 is 3. The summed E-state index contributed by atoms with van der Waals surface area (Å²) in [5.41, 5.74) is -3.61. The van der Waals surface area contributed by atoms with Gasteiger partial charge in [0.2, 0.25) is 0 Å². The van der Waals surface area contributed by atoms with Gasteiger partial charge in [-0.1, -0.05) is 13.8 Å². The first-order chi connectivity index (χ1) is 12.2. The molecule has 3 fully saturated rings. The van der Waals surface area contributed by atoms with Crippen molar-refractivity contribution in [3.63, 3.8) is 0 Å². The molecule has 3 aliphatic rings. The van der Waals surface area contributed by atoms with Gasteiger partial charge in [0.05, 0.1) is 30.8 Å². The highest BCUT2D eigenvalue weighted by Crippen LogP contribution is 2.67. The summed E-state index contributed by atoms with van der Waals surface area (Å²) in [4.78, 5) is 12.7. The number of carbonyl (C=O) groups excluding carboxylic acids is 1. The summed E-state index contributed by atoms with van der Waals surface area (Å²) in [5, 5.41) is 21.6. The van der Waals surface area contributed by atoms with Gasteiger partial charge in [-0.3, -0.25) is 0 Å². The fraction of sp³-hybridized carbons (Fsp3) is 0.895.